The quantitative estimate of drug-likeness (QED) is 0.926. The third kappa shape index (κ3) is 3.00. The second-order valence-electron chi connectivity index (χ2n) is 6.74. The molecule has 4 heterocycles. The van der Waals surface area contributed by atoms with Crippen molar-refractivity contribution in [2.45, 2.75) is 31.4 Å². The molecule has 132 valence electrons. The SMILES string of the molecule is Cc1occc1C(=O)N1CC[C@@]2(C[C@@H](Nc3ncccc3F)CO2)C1. The maximum absolute atomic E-state index is 13.7. The summed E-state index contributed by atoms with van der Waals surface area (Å²) < 4.78 is 25.0. The van der Waals surface area contributed by atoms with Gasteiger partial charge in [-0.2, -0.15) is 0 Å². The summed E-state index contributed by atoms with van der Waals surface area (Å²) in [4.78, 5) is 18.5. The van der Waals surface area contributed by atoms with Crippen LogP contribution in [0.5, 0.6) is 0 Å². The Bertz CT molecular complexity index is 793. The molecule has 2 aromatic heterocycles. The van der Waals surface area contributed by atoms with Crippen LogP contribution in [-0.2, 0) is 4.74 Å². The number of carbonyl (C=O) groups is 1. The van der Waals surface area contributed by atoms with Crippen LogP contribution >= 0.6 is 0 Å². The molecule has 4 rings (SSSR count). The highest BCUT2D eigenvalue weighted by Crippen LogP contribution is 2.37. The van der Waals surface area contributed by atoms with Gasteiger partial charge in [0.05, 0.1) is 36.6 Å². The van der Waals surface area contributed by atoms with Crippen molar-refractivity contribution in [1.29, 1.82) is 0 Å². The first-order chi connectivity index (χ1) is 12.1. The van der Waals surface area contributed by atoms with Crippen LogP contribution in [0.25, 0.3) is 0 Å². The molecule has 2 fully saturated rings. The lowest BCUT2D eigenvalue weighted by atomic mass is 9.97. The summed E-state index contributed by atoms with van der Waals surface area (Å²) in [7, 11) is 0. The molecule has 6 nitrogen and oxygen atoms in total. The summed E-state index contributed by atoms with van der Waals surface area (Å²) in [6, 6.07) is 4.62. The Morgan fingerprint density at radius 1 is 1.48 bits per heavy atom. The van der Waals surface area contributed by atoms with E-state index in [1.54, 1.807) is 25.3 Å². The zero-order chi connectivity index (χ0) is 17.4. The molecule has 2 aliphatic rings. The number of likely N-dealkylation sites (tertiary alicyclic amines) is 1. The topological polar surface area (TPSA) is 67.6 Å². The Kier molecular flexibility index (Phi) is 3.95. The molecule has 1 amide bonds. The molecule has 2 atom stereocenters. The van der Waals surface area contributed by atoms with Crippen molar-refractivity contribution < 1.29 is 18.3 Å². The Labute approximate surface area is 145 Å². The van der Waals surface area contributed by atoms with E-state index in [0.29, 0.717) is 31.0 Å². The summed E-state index contributed by atoms with van der Waals surface area (Å²) in [5.74, 6) is 0.470. The van der Waals surface area contributed by atoms with E-state index in [1.807, 2.05) is 4.90 Å². The lowest BCUT2D eigenvalue weighted by molar-refractivity contribution is 0.0124. The van der Waals surface area contributed by atoms with Gasteiger partial charge in [-0.1, -0.05) is 0 Å². The van der Waals surface area contributed by atoms with Gasteiger partial charge in [-0.25, -0.2) is 9.37 Å². The third-order valence-corrected chi connectivity index (χ3v) is 5.00. The molecular formula is C18H20FN3O3. The maximum Gasteiger partial charge on any atom is 0.257 e. The molecule has 0 aromatic carbocycles. The number of pyridine rings is 1. The van der Waals surface area contributed by atoms with Gasteiger partial charge >= 0.3 is 0 Å². The summed E-state index contributed by atoms with van der Waals surface area (Å²) in [6.07, 6.45) is 4.58. The van der Waals surface area contributed by atoms with Crippen molar-refractivity contribution in [2.75, 3.05) is 25.0 Å². The number of aryl methyl sites for hydroxylation is 1. The molecule has 1 N–H and O–H groups in total. The Morgan fingerprint density at radius 2 is 2.36 bits per heavy atom. The van der Waals surface area contributed by atoms with E-state index >= 15 is 0 Å². The molecule has 2 aliphatic heterocycles. The number of carbonyl (C=O) groups excluding carboxylic acids is 1. The van der Waals surface area contributed by atoms with E-state index in [4.69, 9.17) is 9.15 Å². The maximum atomic E-state index is 13.7. The van der Waals surface area contributed by atoms with Gasteiger partial charge in [-0.15, -0.1) is 0 Å². The molecule has 25 heavy (non-hydrogen) atoms. The van der Waals surface area contributed by atoms with Crippen LogP contribution in [0.15, 0.2) is 35.1 Å². The Balaban J connectivity index is 1.41. The second kappa shape index (κ2) is 6.15. The van der Waals surface area contributed by atoms with E-state index in [1.165, 1.54) is 12.3 Å². The molecule has 0 radical (unpaired) electrons. The van der Waals surface area contributed by atoms with E-state index in [-0.39, 0.29) is 29.2 Å². The van der Waals surface area contributed by atoms with Gasteiger partial charge in [0.15, 0.2) is 11.6 Å². The third-order valence-electron chi connectivity index (χ3n) is 5.00. The van der Waals surface area contributed by atoms with Crippen LogP contribution in [0.4, 0.5) is 10.2 Å². The van der Waals surface area contributed by atoms with E-state index < -0.39 is 0 Å². The summed E-state index contributed by atoms with van der Waals surface area (Å²) in [6.45, 7) is 3.45. The average molecular weight is 345 g/mol. The van der Waals surface area contributed by atoms with Crippen molar-refractivity contribution in [3.05, 3.63) is 47.8 Å². The van der Waals surface area contributed by atoms with E-state index in [0.717, 1.165) is 12.8 Å². The number of anilines is 1. The number of amides is 1. The number of nitrogens with one attached hydrogen (secondary N) is 1. The molecule has 2 aromatic rings. The van der Waals surface area contributed by atoms with Crippen LogP contribution in [-0.4, -0.2) is 47.1 Å². The van der Waals surface area contributed by atoms with Crippen LogP contribution in [0.3, 0.4) is 0 Å². The van der Waals surface area contributed by atoms with Crippen LogP contribution in [0.2, 0.25) is 0 Å². The molecule has 0 unspecified atom stereocenters. The molecule has 0 aliphatic carbocycles. The number of aromatic nitrogens is 1. The fraction of sp³-hybridized carbons (Fsp3) is 0.444. The molecular weight excluding hydrogens is 325 g/mol. The summed E-state index contributed by atoms with van der Waals surface area (Å²) in [5, 5.41) is 3.11. The lowest BCUT2D eigenvalue weighted by Gasteiger charge is -2.23. The molecule has 2 saturated heterocycles. The number of ether oxygens (including phenoxy) is 1. The van der Waals surface area contributed by atoms with Crippen molar-refractivity contribution >= 4 is 11.7 Å². The predicted octanol–water partition coefficient (Wildman–Crippen LogP) is 2.61. The van der Waals surface area contributed by atoms with Gasteiger partial charge in [0.2, 0.25) is 0 Å². The standard InChI is InChI=1S/C18H20FN3O3/c1-12-14(4-8-24-12)17(23)22-7-5-18(11-22)9-13(10-25-18)21-16-15(19)3-2-6-20-16/h2-4,6,8,13H,5,7,9-11H2,1H3,(H,20,21)/t13-,18-/m1/s1. The van der Waals surface area contributed by atoms with Crippen molar-refractivity contribution in [3.8, 4) is 0 Å². The largest absolute Gasteiger partial charge is 0.469 e. The van der Waals surface area contributed by atoms with Crippen LogP contribution < -0.4 is 5.32 Å². The second-order valence-corrected chi connectivity index (χ2v) is 6.74. The summed E-state index contributed by atoms with van der Waals surface area (Å²) >= 11 is 0. The first-order valence-electron chi connectivity index (χ1n) is 8.41. The first-order valence-corrected chi connectivity index (χ1v) is 8.41. The molecule has 1 spiro atoms. The highest BCUT2D eigenvalue weighted by molar-refractivity contribution is 5.95. The van der Waals surface area contributed by atoms with Crippen molar-refractivity contribution in [3.63, 3.8) is 0 Å². The van der Waals surface area contributed by atoms with E-state index in [9.17, 15) is 9.18 Å². The van der Waals surface area contributed by atoms with Gasteiger partial charge < -0.3 is 19.4 Å². The number of hydrogen-bond donors (Lipinski definition) is 1. The monoisotopic (exact) mass is 345 g/mol. The minimum Gasteiger partial charge on any atom is -0.469 e. The smallest absolute Gasteiger partial charge is 0.257 e. The van der Waals surface area contributed by atoms with E-state index in [2.05, 4.69) is 10.3 Å². The van der Waals surface area contributed by atoms with Gasteiger partial charge in [0, 0.05) is 19.2 Å². The van der Waals surface area contributed by atoms with Gasteiger partial charge in [0.1, 0.15) is 5.76 Å². The minimum absolute atomic E-state index is 0.0184. The Hall–Kier alpha value is -2.41. The normalized spacial score (nSPS) is 25.7. The first kappa shape index (κ1) is 16.1. The van der Waals surface area contributed by atoms with Crippen LogP contribution in [0, 0.1) is 12.7 Å². The number of hydrogen-bond acceptors (Lipinski definition) is 5. The summed E-state index contributed by atoms with van der Waals surface area (Å²) in [5.41, 5.74) is 0.233. The number of nitrogens with zero attached hydrogens (tertiary/aromatic N) is 2. The molecule has 0 saturated carbocycles. The Morgan fingerprint density at radius 3 is 3.12 bits per heavy atom. The fourth-order valence-electron chi connectivity index (χ4n) is 3.70. The predicted molar refractivity (Wildman–Crippen MR) is 88.9 cm³/mol. The zero-order valence-electron chi connectivity index (χ0n) is 14.0. The van der Waals surface area contributed by atoms with Gasteiger partial charge in [-0.3, -0.25) is 4.79 Å². The van der Waals surface area contributed by atoms with Crippen molar-refractivity contribution in [2.24, 2.45) is 0 Å². The number of furan rings is 1. The highest BCUT2D eigenvalue weighted by Gasteiger charge is 2.47. The minimum atomic E-state index is -0.373. The molecule has 7 heteroatoms. The zero-order valence-corrected chi connectivity index (χ0v) is 14.0. The number of halogens is 1. The fourth-order valence-corrected chi connectivity index (χ4v) is 3.70. The average Bonchev–Trinajstić information content (AvgIpc) is 3.31. The number of rotatable bonds is 3. The van der Waals surface area contributed by atoms with Gasteiger partial charge in [0.25, 0.3) is 5.91 Å². The molecule has 0 bridgehead atoms. The van der Waals surface area contributed by atoms with Gasteiger partial charge in [-0.05, 0) is 31.5 Å². The highest BCUT2D eigenvalue weighted by atomic mass is 19.1. The van der Waals surface area contributed by atoms with Crippen molar-refractivity contribution in [1.82, 2.24) is 9.88 Å². The van der Waals surface area contributed by atoms with Crippen LogP contribution in [0.1, 0.15) is 29.0 Å². The lowest BCUT2D eigenvalue weighted by Crippen LogP contribution is -2.36.